The van der Waals surface area contributed by atoms with Crippen LogP contribution in [0.15, 0.2) is 74.8 Å². The fourth-order valence-electron chi connectivity index (χ4n) is 1.70. The van der Waals surface area contributed by atoms with Gasteiger partial charge in [0.2, 0.25) is 0 Å². The summed E-state index contributed by atoms with van der Waals surface area (Å²) < 4.78 is 4.33. The Hall–Kier alpha value is -1.94. The van der Waals surface area contributed by atoms with Crippen LogP contribution in [0.1, 0.15) is 13.8 Å². The molecule has 0 spiro atoms. The van der Waals surface area contributed by atoms with E-state index >= 15 is 0 Å². The van der Waals surface area contributed by atoms with Gasteiger partial charge in [-0.25, -0.2) is 4.79 Å². The minimum atomic E-state index is -0.585. The van der Waals surface area contributed by atoms with Gasteiger partial charge in [0.05, 0.1) is 0 Å². The van der Waals surface area contributed by atoms with Crippen LogP contribution in [0.3, 0.4) is 0 Å². The lowest BCUT2D eigenvalue weighted by atomic mass is 10.4. The predicted octanol–water partition coefficient (Wildman–Crippen LogP) is 4.02. The number of hydrogen-bond acceptors (Lipinski definition) is 1. The molecule has 1 N–H and O–H groups in total. The number of nitrogens with zero attached hydrogens (tertiary/aromatic N) is 1. The molecular formula is C16H18N2OS. The lowest BCUT2D eigenvalue weighted by molar-refractivity contribution is 0.247. The molecule has 2 aromatic carbocycles. The standard InChI is InChI=1S/C16H18N2OS/c1-13(2)17-16(19)18-20(14-9-5-3-6-10-14)15-11-7-4-8-12-15/h3-13H,1-2H3,(H,17,19). The van der Waals surface area contributed by atoms with Crippen LogP contribution in [-0.4, -0.2) is 12.1 Å². The molecule has 0 heterocycles. The zero-order chi connectivity index (χ0) is 14.4. The van der Waals surface area contributed by atoms with Gasteiger partial charge in [-0.05, 0) is 48.8 Å². The van der Waals surface area contributed by atoms with Gasteiger partial charge in [0, 0.05) is 15.8 Å². The normalized spacial score (nSPS) is 10.6. The van der Waals surface area contributed by atoms with Crippen molar-refractivity contribution in [2.45, 2.75) is 29.7 Å². The summed E-state index contributed by atoms with van der Waals surface area (Å²) in [6.45, 7) is 3.85. The van der Waals surface area contributed by atoms with Gasteiger partial charge in [-0.15, -0.1) is 0 Å². The molecule has 0 atom stereocenters. The number of carbonyl (C=O) groups is 1. The lowest BCUT2D eigenvalue weighted by Crippen LogP contribution is -2.27. The Bertz CT molecular complexity index is 553. The summed E-state index contributed by atoms with van der Waals surface area (Å²) in [6.07, 6.45) is 0. The highest BCUT2D eigenvalue weighted by Gasteiger charge is 2.08. The van der Waals surface area contributed by atoms with Gasteiger partial charge in [-0.2, -0.15) is 4.36 Å². The first-order chi connectivity index (χ1) is 9.66. The molecule has 0 aliphatic rings. The summed E-state index contributed by atoms with van der Waals surface area (Å²) in [5.74, 6) is 0. The molecule has 0 saturated carbocycles. The summed E-state index contributed by atoms with van der Waals surface area (Å²) in [5.41, 5.74) is 0. The van der Waals surface area contributed by atoms with Crippen LogP contribution in [-0.2, 0) is 10.7 Å². The van der Waals surface area contributed by atoms with Gasteiger partial charge in [0.15, 0.2) is 0 Å². The monoisotopic (exact) mass is 286 g/mol. The van der Waals surface area contributed by atoms with Crippen molar-refractivity contribution in [1.82, 2.24) is 5.32 Å². The summed E-state index contributed by atoms with van der Waals surface area (Å²) >= 11 is 0. The molecule has 0 fully saturated rings. The Morgan fingerprint density at radius 2 is 1.40 bits per heavy atom. The number of urea groups is 1. The van der Waals surface area contributed by atoms with Crippen molar-refractivity contribution < 1.29 is 4.79 Å². The maximum absolute atomic E-state index is 11.9. The van der Waals surface area contributed by atoms with E-state index in [1.54, 1.807) is 0 Å². The van der Waals surface area contributed by atoms with Gasteiger partial charge in [0.1, 0.15) is 0 Å². The third-order valence-corrected chi connectivity index (χ3v) is 4.31. The van der Waals surface area contributed by atoms with E-state index in [2.05, 4.69) is 9.68 Å². The largest absolute Gasteiger partial charge is 0.347 e. The molecule has 20 heavy (non-hydrogen) atoms. The Labute approximate surface area is 122 Å². The first kappa shape index (κ1) is 14.5. The third-order valence-electron chi connectivity index (χ3n) is 2.52. The van der Waals surface area contributed by atoms with Crippen LogP contribution in [0, 0.1) is 0 Å². The molecule has 0 aliphatic heterocycles. The molecular weight excluding hydrogens is 268 g/mol. The average molecular weight is 286 g/mol. The Morgan fingerprint density at radius 1 is 0.950 bits per heavy atom. The fraction of sp³-hybridized carbons (Fsp3) is 0.188. The quantitative estimate of drug-likeness (QED) is 0.909. The number of hydrogen-bond donors (Lipinski definition) is 1. The summed E-state index contributed by atoms with van der Waals surface area (Å²) in [6, 6.07) is 19.6. The van der Waals surface area contributed by atoms with Crippen LogP contribution in [0.5, 0.6) is 0 Å². The van der Waals surface area contributed by atoms with Gasteiger partial charge >= 0.3 is 6.03 Å². The molecule has 2 amide bonds. The van der Waals surface area contributed by atoms with Crippen molar-refractivity contribution in [2.24, 2.45) is 4.36 Å². The highest BCUT2D eigenvalue weighted by Crippen LogP contribution is 2.18. The smallest absolute Gasteiger partial charge is 0.334 e. The first-order valence-electron chi connectivity index (χ1n) is 6.53. The molecule has 3 nitrogen and oxygen atoms in total. The summed E-state index contributed by atoms with van der Waals surface area (Å²) in [4.78, 5) is 14.0. The van der Waals surface area contributed by atoms with E-state index < -0.39 is 10.7 Å². The van der Waals surface area contributed by atoms with Gasteiger partial charge < -0.3 is 5.32 Å². The zero-order valence-corrected chi connectivity index (χ0v) is 12.4. The third kappa shape index (κ3) is 4.03. The summed E-state index contributed by atoms with van der Waals surface area (Å²) in [5, 5.41) is 2.81. The Balaban J connectivity index is 2.40. The molecule has 104 valence electrons. The first-order valence-corrected chi connectivity index (χ1v) is 7.71. The van der Waals surface area contributed by atoms with E-state index in [1.165, 1.54) is 0 Å². The van der Waals surface area contributed by atoms with Crippen LogP contribution < -0.4 is 5.32 Å². The van der Waals surface area contributed by atoms with Crippen molar-refractivity contribution >= 4 is 16.7 Å². The number of amides is 2. The number of benzene rings is 2. The number of carbonyl (C=O) groups excluding carboxylic acids is 1. The SMILES string of the molecule is CC(C)NC(=O)N=S(c1ccccc1)c1ccccc1. The van der Waals surface area contributed by atoms with Gasteiger partial charge in [0.25, 0.3) is 0 Å². The van der Waals surface area contributed by atoms with Crippen molar-refractivity contribution in [2.75, 3.05) is 0 Å². The maximum atomic E-state index is 11.9. The maximum Gasteiger partial charge on any atom is 0.347 e. The molecule has 0 bridgehead atoms. The highest BCUT2D eigenvalue weighted by molar-refractivity contribution is 7.87. The van der Waals surface area contributed by atoms with Crippen molar-refractivity contribution in [1.29, 1.82) is 0 Å². The van der Waals surface area contributed by atoms with Crippen LogP contribution in [0.4, 0.5) is 4.79 Å². The second-order valence-corrected chi connectivity index (χ2v) is 6.30. The van der Waals surface area contributed by atoms with E-state index in [0.29, 0.717) is 0 Å². The average Bonchev–Trinajstić information content (AvgIpc) is 2.46. The van der Waals surface area contributed by atoms with Crippen LogP contribution >= 0.6 is 0 Å². The molecule has 0 aliphatic carbocycles. The molecule has 2 aromatic rings. The van der Waals surface area contributed by atoms with Gasteiger partial charge in [-0.3, -0.25) is 0 Å². The van der Waals surface area contributed by atoms with Crippen LogP contribution in [0.25, 0.3) is 0 Å². The molecule has 0 unspecified atom stereocenters. The summed E-state index contributed by atoms with van der Waals surface area (Å²) in [7, 11) is -0.585. The molecule has 0 aromatic heterocycles. The molecule has 4 heteroatoms. The minimum absolute atomic E-state index is 0.0863. The van der Waals surface area contributed by atoms with E-state index in [1.807, 2.05) is 74.5 Å². The molecule has 0 radical (unpaired) electrons. The topological polar surface area (TPSA) is 41.5 Å². The van der Waals surface area contributed by atoms with E-state index in [4.69, 9.17) is 0 Å². The van der Waals surface area contributed by atoms with E-state index in [-0.39, 0.29) is 12.1 Å². The fourth-order valence-corrected chi connectivity index (χ4v) is 3.23. The Kier molecular flexibility index (Phi) is 5.07. The van der Waals surface area contributed by atoms with Crippen molar-refractivity contribution in [3.63, 3.8) is 0 Å². The molecule has 2 rings (SSSR count). The molecule has 0 saturated heterocycles. The van der Waals surface area contributed by atoms with E-state index in [0.717, 1.165) is 9.79 Å². The van der Waals surface area contributed by atoms with Gasteiger partial charge in [-0.1, -0.05) is 36.4 Å². The second kappa shape index (κ2) is 7.01. The van der Waals surface area contributed by atoms with Crippen LogP contribution in [0.2, 0.25) is 0 Å². The van der Waals surface area contributed by atoms with Crippen molar-refractivity contribution in [3.05, 3.63) is 60.7 Å². The Morgan fingerprint density at radius 3 is 1.80 bits per heavy atom. The lowest BCUT2D eigenvalue weighted by Gasteiger charge is -2.10. The van der Waals surface area contributed by atoms with Crippen molar-refractivity contribution in [3.8, 4) is 0 Å². The highest BCUT2D eigenvalue weighted by atomic mass is 32.2. The van der Waals surface area contributed by atoms with E-state index in [9.17, 15) is 4.79 Å². The zero-order valence-electron chi connectivity index (χ0n) is 11.6. The number of rotatable bonds is 3. The second-order valence-electron chi connectivity index (χ2n) is 4.61. The predicted molar refractivity (Wildman–Crippen MR) is 82.9 cm³/mol. The minimum Gasteiger partial charge on any atom is -0.334 e. The number of nitrogens with one attached hydrogen (secondary N) is 1.